The third-order valence-corrected chi connectivity index (χ3v) is 5.71. The zero-order chi connectivity index (χ0) is 20.2. The van der Waals surface area contributed by atoms with Gasteiger partial charge in [0.1, 0.15) is 5.82 Å². The van der Waals surface area contributed by atoms with Crippen molar-refractivity contribution in [3.05, 3.63) is 72.3 Å². The molecule has 29 heavy (non-hydrogen) atoms. The Balaban J connectivity index is 1.69. The zero-order valence-electron chi connectivity index (χ0n) is 17.0. The van der Waals surface area contributed by atoms with Crippen LogP contribution in [-0.2, 0) is 13.6 Å². The number of hydrogen-bond donors (Lipinski definition) is 0. The molecule has 0 spiro atoms. The number of benzene rings is 1. The van der Waals surface area contributed by atoms with Crippen LogP contribution in [0.4, 0.5) is 0 Å². The molecule has 150 valence electrons. The summed E-state index contributed by atoms with van der Waals surface area (Å²) in [7, 11) is 4.09. The van der Waals surface area contributed by atoms with E-state index in [1.165, 1.54) is 0 Å². The van der Waals surface area contributed by atoms with Crippen LogP contribution in [0.15, 0.2) is 61.2 Å². The summed E-state index contributed by atoms with van der Waals surface area (Å²) >= 11 is 0. The summed E-state index contributed by atoms with van der Waals surface area (Å²) in [6.45, 7) is 2.60. The Bertz CT molecular complexity index is 960. The normalized spacial score (nSPS) is 15.4. The van der Waals surface area contributed by atoms with Gasteiger partial charge in [-0.1, -0.05) is 18.2 Å². The van der Waals surface area contributed by atoms with E-state index in [1.54, 1.807) is 18.6 Å². The van der Waals surface area contributed by atoms with Crippen LogP contribution in [0.3, 0.4) is 0 Å². The number of hydrogen-bond acceptors (Lipinski definition) is 4. The third-order valence-electron chi connectivity index (χ3n) is 5.71. The van der Waals surface area contributed by atoms with Crippen molar-refractivity contribution in [3.63, 3.8) is 0 Å². The molecule has 2 aromatic heterocycles. The van der Waals surface area contributed by atoms with Gasteiger partial charge in [0.05, 0.1) is 5.56 Å². The van der Waals surface area contributed by atoms with Crippen molar-refractivity contribution in [3.8, 4) is 11.4 Å². The molecule has 0 saturated carbocycles. The molecule has 1 aromatic carbocycles. The molecular weight excluding hydrogens is 362 g/mol. The average molecular weight is 390 g/mol. The van der Waals surface area contributed by atoms with E-state index in [2.05, 4.69) is 21.9 Å². The Morgan fingerprint density at radius 3 is 2.48 bits per heavy atom. The molecule has 0 unspecified atom stereocenters. The van der Waals surface area contributed by atoms with Crippen LogP contribution < -0.4 is 0 Å². The third kappa shape index (κ3) is 4.22. The largest absolute Gasteiger partial charge is 0.334 e. The van der Waals surface area contributed by atoms with Gasteiger partial charge >= 0.3 is 0 Å². The van der Waals surface area contributed by atoms with Gasteiger partial charge in [-0.2, -0.15) is 0 Å². The predicted octanol–water partition coefficient (Wildman–Crippen LogP) is 3.22. The fraction of sp³-hybridized carbons (Fsp3) is 0.348. The molecule has 4 rings (SSSR count). The summed E-state index contributed by atoms with van der Waals surface area (Å²) in [6.07, 6.45) is 9.21. The Morgan fingerprint density at radius 2 is 1.79 bits per heavy atom. The molecule has 1 amide bonds. The smallest absolute Gasteiger partial charge is 0.255 e. The maximum Gasteiger partial charge on any atom is 0.255 e. The summed E-state index contributed by atoms with van der Waals surface area (Å²) in [5.41, 5.74) is 2.68. The van der Waals surface area contributed by atoms with Crippen molar-refractivity contribution in [1.29, 1.82) is 0 Å². The van der Waals surface area contributed by atoms with Crippen molar-refractivity contribution >= 4 is 5.91 Å². The number of piperidine rings is 1. The Hall–Kier alpha value is -2.99. The van der Waals surface area contributed by atoms with Gasteiger partial charge in [-0.25, -0.2) is 4.98 Å². The number of pyridine rings is 1. The highest BCUT2D eigenvalue weighted by Crippen LogP contribution is 2.26. The number of nitrogens with zero attached hydrogens (tertiary/aromatic N) is 5. The molecule has 6 heteroatoms. The number of carbonyl (C=O) groups excluding carboxylic acids is 1. The molecular formula is C23H27N5O. The van der Waals surface area contributed by atoms with Gasteiger partial charge in [-0.3, -0.25) is 9.78 Å². The van der Waals surface area contributed by atoms with Crippen LogP contribution in [-0.4, -0.2) is 56.4 Å². The van der Waals surface area contributed by atoms with E-state index in [0.717, 1.165) is 42.9 Å². The molecule has 0 bridgehead atoms. The van der Waals surface area contributed by atoms with E-state index in [0.29, 0.717) is 12.1 Å². The maximum absolute atomic E-state index is 13.8. The second-order valence-electron chi connectivity index (χ2n) is 7.73. The fourth-order valence-corrected chi connectivity index (χ4v) is 4.00. The first-order chi connectivity index (χ1) is 14.1. The summed E-state index contributed by atoms with van der Waals surface area (Å²) in [5.74, 6) is 0.871. The van der Waals surface area contributed by atoms with Crippen LogP contribution in [0.5, 0.6) is 0 Å². The molecule has 1 aliphatic rings. The lowest BCUT2D eigenvalue weighted by Gasteiger charge is -2.37. The SMILES string of the molecule is CN1CCC(N(Cc2ccncc2)C(=O)c2ccccc2-c2nccn2C)CC1. The van der Waals surface area contributed by atoms with E-state index in [-0.39, 0.29) is 11.9 Å². The molecule has 1 fully saturated rings. The van der Waals surface area contributed by atoms with Gasteiger partial charge in [-0.15, -0.1) is 0 Å². The van der Waals surface area contributed by atoms with Crippen molar-refractivity contribution in [2.75, 3.05) is 20.1 Å². The van der Waals surface area contributed by atoms with Gasteiger partial charge in [0.15, 0.2) is 0 Å². The molecule has 6 nitrogen and oxygen atoms in total. The molecule has 0 aliphatic carbocycles. The van der Waals surface area contributed by atoms with Crippen LogP contribution in [0, 0.1) is 0 Å². The number of amides is 1. The highest BCUT2D eigenvalue weighted by molar-refractivity contribution is 6.00. The van der Waals surface area contributed by atoms with Gasteiger partial charge < -0.3 is 14.4 Å². The zero-order valence-corrected chi connectivity index (χ0v) is 17.0. The molecule has 0 radical (unpaired) electrons. The van der Waals surface area contributed by atoms with Crippen LogP contribution >= 0.6 is 0 Å². The fourth-order valence-electron chi connectivity index (χ4n) is 4.00. The van der Waals surface area contributed by atoms with Crippen LogP contribution in [0.2, 0.25) is 0 Å². The summed E-state index contributed by atoms with van der Waals surface area (Å²) in [5, 5.41) is 0. The van der Waals surface area contributed by atoms with E-state index in [4.69, 9.17) is 0 Å². The second kappa shape index (κ2) is 8.57. The lowest BCUT2D eigenvalue weighted by Crippen LogP contribution is -2.46. The van der Waals surface area contributed by atoms with Crippen molar-refractivity contribution in [1.82, 2.24) is 24.3 Å². The summed E-state index contributed by atoms with van der Waals surface area (Å²) in [6, 6.07) is 12.0. The average Bonchev–Trinajstić information content (AvgIpc) is 3.19. The van der Waals surface area contributed by atoms with E-state index < -0.39 is 0 Å². The van der Waals surface area contributed by atoms with Gasteiger partial charge in [0, 0.05) is 50.0 Å². The lowest BCUT2D eigenvalue weighted by molar-refractivity contribution is 0.0570. The lowest BCUT2D eigenvalue weighted by atomic mass is 9.99. The van der Waals surface area contributed by atoms with Crippen molar-refractivity contribution < 1.29 is 4.79 Å². The van der Waals surface area contributed by atoms with Gasteiger partial charge in [0.2, 0.25) is 0 Å². The molecule has 0 atom stereocenters. The molecule has 0 N–H and O–H groups in total. The van der Waals surface area contributed by atoms with Crippen molar-refractivity contribution in [2.24, 2.45) is 7.05 Å². The number of aryl methyl sites for hydroxylation is 1. The Labute approximate surface area is 171 Å². The number of rotatable bonds is 5. The molecule has 3 heterocycles. The van der Waals surface area contributed by atoms with E-state index in [9.17, 15) is 4.79 Å². The minimum Gasteiger partial charge on any atom is -0.334 e. The Morgan fingerprint density at radius 1 is 1.07 bits per heavy atom. The first-order valence-electron chi connectivity index (χ1n) is 10.1. The first-order valence-corrected chi connectivity index (χ1v) is 10.1. The predicted molar refractivity (Wildman–Crippen MR) is 113 cm³/mol. The number of carbonyl (C=O) groups is 1. The first kappa shape index (κ1) is 19.3. The quantitative estimate of drug-likeness (QED) is 0.672. The maximum atomic E-state index is 13.8. The molecule has 3 aromatic rings. The second-order valence-corrected chi connectivity index (χ2v) is 7.73. The van der Waals surface area contributed by atoms with Crippen molar-refractivity contribution in [2.45, 2.75) is 25.4 Å². The van der Waals surface area contributed by atoms with E-state index >= 15 is 0 Å². The minimum atomic E-state index is 0.0648. The number of likely N-dealkylation sites (tertiary alicyclic amines) is 1. The summed E-state index contributed by atoms with van der Waals surface area (Å²) < 4.78 is 1.95. The molecule has 1 aliphatic heterocycles. The monoisotopic (exact) mass is 389 g/mol. The van der Waals surface area contributed by atoms with Crippen LogP contribution in [0.25, 0.3) is 11.4 Å². The molecule has 1 saturated heterocycles. The van der Waals surface area contributed by atoms with E-state index in [1.807, 2.05) is 59.1 Å². The number of aromatic nitrogens is 3. The standard InChI is InChI=1S/C23H27N5O/c1-26-14-9-19(10-15-26)28(17-18-7-11-24-12-8-18)23(29)21-6-4-3-5-20(21)22-25-13-16-27(22)2/h3-8,11-13,16,19H,9-10,14-15,17H2,1-2H3. The highest BCUT2D eigenvalue weighted by atomic mass is 16.2. The van der Waals surface area contributed by atoms with Gasteiger partial charge in [-0.05, 0) is 56.7 Å². The number of imidazole rings is 1. The highest BCUT2D eigenvalue weighted by Gasteiger charge is 2.29. The van der Waals surface area contributed by atoms with Crippen LogP contribution in [0.1, 0.15) is 28.8 Å². The minimum absolute atomic E-state index is 0.0648. The van der Waals surface area contributed by atoms with Gasteiger partial charge in [0.25, 0.3) is 5.91 Å². The topological polar surface area (TPSA) is 54.3 Å². The Kier molecular flexibility index (Phi) is 5.71. The summed E-state index contributed by atoms with van der Waals surface area (Å²) in [4.78, 5) is 26.8.